The van der Waals surface area contributed by atoms with E-state index in [4.69, 9.17) is 10.5 Å². The van der Waals surface area contributed by atoms with Gasteiger partial charge >= 0.3 is 0 Å². The average molecular weight is 325 g/mol. The summed E-state index contributed by atoms with van der Waals surface area (Å²) in [7, 11) is 0. The second-order valence-electron chi connectivity index (χ2n) is 3.44. The van der Waals surface area contributed by atoms with Gasteiger partial charge < -0.3 is 10.5 Å². The third kappa shape index (κ3) is 2.88. The lowest BCUT2D eigenvalue weighted by atomic mass is 10.2. The fourth-order valence-corrected chi connectivity index (χ4v) is 1.72. The lowest BCUT2D eigenvalue weighted by Crippen LogP contribution is -1.99. The van der Waals surface area contributed by atoms with Crippen LogP contribution in [-0.2, 0) is 6.61 Å². The molecule has 0 saturated heterocycles. The van der Waals surface area contributed by atoms with Gasteiger partial charge in [0.25, 0.3) is 0 Å². The van der Waals surface area contributed by atoms with Gasteiger partial charge in [-0.2, -0.15) is 0 Å². The van der Waals surface area contributed by atoms with E-state index in [0.29, 0.717) is 6.61 Å². The number of ether oxygens (including phenoxy) is 1. The zero-order valence-electron chi connectivity index (χ0n) is 8.69. The van der Waals surface area contributed by atoms with E-state index < -0.39 is 0 Å². The van der Waals surface area contributed by atoms with Gasteiger partial charge in [-0.05, 0) is 52.9 Å². The first-order valence-corrected chi connectivity index (χ1v) is 6.05. The van der Waals surface area contributed by atoms with Gasteiger partial charge in [-0.3, -0.25) is 0 Å². The highest BCUT2D eigenvalue weighted by atomic mass is 127. The second-order valence-corrected chi connectivity index (χ2v) is 4.69. The molecular weight excluding hydrogens is 313 g/mol. The minimum atomic E-state index is 0.507. The number of benzene rings is 2. The molecule has 0 aliphatic carbocycles. The summed E-state index contributed by atoms with van der Waals surface area (Å²) in [6, 6.07) is 15.7. The second kappa shape index (κ2) is 5.21. The molecule has 2 aromatic carbocycles. The highest BCUT2D eigenvalue weighted by Gasteiger charge is 1.99. The molecule has 0 radical (unpaired) electrons. The lowest BCUT2D eigenvalue weighted by molar-refractivity contribution is 0.307. The van der Waals surface area contributed by atoms with E-state index in [0.717, 1.165) is 17.0 Å². The number of halogens is 1. The van der Waals surface area contributed by atoms with Crippen molar-refractivity contribution in [3.8, 4) is 5.75 Å². The zero-order valence-corrected chi connectivity index (χ0v) is 10.8. The van der Waals surface area contributed by atoms with Crippen LogP contribution in [0, 0.1) is 3.57 Å². The normalized spacial score (nSPS) is 10.1. The summed E-state index contributed by atoms with van der Waals surface area (Å²) in [6.07, 6.45) is 0. The number of anilines is 1. The monoisotopic (exact) mass is 325 g/mol. The fourth-order valence-electron chi connectivity index (χ4n) is 1.36. The van der Waals surface area contributed by atoms with Crippen molar-refractivity contribution < 1.29 is 4.74 Å². The van der Waals surface area contributed by atoms with Gasteiger partial charge in [-0.15, -0.1) is 0 Å². The van der Waals surface area contributed by atoms with E-state index in [9.17, 15) is 0 Å². The van der Waals surface area contributed by atoms with E-state index >= 15 is 0 Å². The molecule has 0 atom stereocenters. The minimum Gasteiger partial charge on any atom is -0.489 e. The molecule has 0 aliphatic heterocycles. The summed E-state index contributed by atoms with van der Waals surface area (Å²) in [5.74, 6) is 0.865. The summed E-state index contributed by atoms with van der Waals surface area (Å²) in [5.41, 5.74) is 7.61. The van der Waals surface area contributed by atoms with Crippen molar-refractivity contribution in [2.24, 2.45) is 0 Å². The Morgan fingerprint density at radius 1 is 1.00 bits per heavy atom. The van der Waals surface area contributed by atoms with Crippen molar-refractivity contribution >= 4 is 28.3 Å². The van der Waals surface area contributed by atoms with Gasteiger partial charge in [0, 0.05) is 14.8 Å². The van der Waals surface area contributed by atoms with Gasteiger partial charge in [0.15, 0.2) is 0 Å². The molecule has 0 heterocycles. The van der Waals surface area contributed by atoms with Crippen molar-refractivity contribution in [1.29, 1.82) is 0 Å². The number of rotatable bonds is 3. The first kappa shape index (κ1) is 11.3. The number of nitrogen functional groups attached to an aromatic ring is 1. The van der Waals surface area contributed by atoms with Crippen LogP contribution in [0.4, 0.5) is 5.69 Å². The van der Waals surface area contributed by atoms with Gasteiger partial charge in [-0.25, -0.2) is 0 Å². The Morgan fingerprint density at radius 3 is 2.38 bits per heavy atom. The maximum atomic E-state index is 5.83. The molecule has 2 aromatic rings. The molecule has 82 valence electrons. The number of hydrogen-bond donors (Lipinski definition) is 1. The molecule has 16 heavy (non-hydrogen) atoms. The highest BCUT2D eigenvalue weighted by Crippen LogP contribution is 2.17. The van der Waals surface area contributed by atoms with Crippen LogP contribution in [0.2, 0.25) is 0 Å². The predicted octanol–water partition coefficient (Wildman–Crippen LogP) is 3.45. The van der Waals surface area contributed by atoms with Crippen LogP contribution >= 0.6 is 22.6 Å². The molecule has 3 heteroatoms. The number of nitrogens with two attached hydrogens (primary N) is 1. The fraction of sp³-hybridized carbons (Fsp3) is 0.0769. The Kier molecular flexibility index (Phi) is 3.66. The van der Waals surface area contributed by atoms with Gasteiger partial charge in [0.2, 0.25) is 0 Å². The first-order chi connectivity index (χ1) is 7.75. The van der Waals surface area contributed by atoms with Crippen molar-refractivity contribution in [2.75, 3.05) is 5.73 Å². The van der Waals surface area contributed by atoms with E-state index in [1.807, 2.05) is 48.5 Å². The van der Waals surface area contributed by atoms with E-state index in [1.165, 1.54) is 3.57 Å². The van der Waals surface area contributed by atoms with Gasteiger partial charge in [0.05, 0.1) is 0 Å². The van der Waals surface area contributed by atoms with Crippen LogP contribution in [-0.4, -0.2) is 0 Å². The molecule has 0 aromatic heterocycles. The molecule has 0 unspecified atom stereocenters. The smallest absolute Gasteiger partial charge is 0.119 e. The molecule has 2 N–H and O–H groups in total. The summed E-state index contributed by atoms with van der Waals surface area (Å²) >= 11 is 2.27. The largest absolute Gasteiger partial charge is 0.489 e. The van der Waals surface area contributed by atoms with Gasteiger partial charge in [0.1, 0.15) is 12.4 Å². The Bertz CT molecular complexity index is 468. The highest BCUT2D eigenvalue weighted by molar-refractivity contribution is 14.1. The third-order valence-electron chi connectivity index (χ3n) is 2.26. The van der Waals surface area contributed by atoms with Crippen LogP contribution in [0.3, 0.4) is 0 Å². The molecule has 0 aliphatic rings. The Hall–Kier alpha value is -1.23. The van der Waals surface area contributed by atoms with Gasteiger partial charge in [-0.1, -0.05) is 18.2 Å². The van der Waals surface area contributed by atoms with Crippen molar-refractivity contribution in [2.45, 2.75) is 6.61 Å². The lowest BCUT2D eigenvalue weighted by Gasteiger charge is -2.08. The minimum absolute atomic E-state index is 0.507. The Labute approximate surface area is 109 Å². The topological polar surface area (TPSA) is 35.2 Å². The quantitative estimate of drug-likeness (QED) is 0.693. The van der Waals surface area contributed by atoms with Crippen molar-refractivity contribution in [1.82, 2.24) is 0 Å². The summed E-state index contributed by atoms with van der Waals surface area (Å²) in [4.78, 5) is 0. The standard InChI is InChI=1S/C13H12INO/c14-11-5-7-12(8-6-11)16-9-10-3-1-2-4-13(10)15/h1-8H,9,15H2. The molecule has 0 fully saturated rings. The van der Waals surface area contributed by atoms with Crippen LogP contribution in [0.1, 0.15) is 5.56 Å². The molecular formula is C13H12INO. The van der Waals surface area contributed by atoms with Crippen molar-refractivity contribution in [3.63, 3.8) is 0 Å². The van der Waals surface area contributed by atoms with Crippen LogP contribution in [0.5, 0.6) is 5.75 Å². The van der Waals surface area contributed by atoms with Crippen LogP contribution in [0.15, 0.2) is 48.5 Å². The van der Waals surface area contributed by atoms with Crippen LogP contribution < -0.4 is 10.5 Å². The first-order valence-electron chi connectivity index (χ1n) is 4.97. The Morgan fingerprint density at radius 2 is 1.69 bits per heavy atom. The maximum absolute atomic E-state index is 5.83. The SMILES string of the molecule is Nc1ccccc1COc1ccc(I)cc1. The van der Waals surface area contributed by atoms with Crippen molar-refractivity contribution in [3.05, 3.63) is 57.7 Å². The van der Waals surface area contributed by atoms with E-state index in [-0.39, 0.29) is 0 Å². The molecule has 2 rings (SSSR count). The molecule has 2 nitrogen and oxygen atoms in total. The number of para-hydroxylation sites is 1. The molecule has 0 spiro atoms. The molecule has 0 bridgehead atoms. The summed E-state index contributed by atoms with van der Waals surface area (Å²) in [6.45, 7) is 0.507. The summed E-state index contributed by atoms with van der Waals surface area (Å²) in [5, 5.41) is 0. The number of hydrogen-bond acceptors (Lipinski definition) is 2. The van der Waals surface area contributed by atoms with Crippen LogP contribution in [0.25, 0.3) is 0 Å². The Balaban J connectivity index is 2.02. The predicted molar refractivity (Wildman–Crippen MR) is 74.3 cm³/mol. The average Bonchev–Trinajstić information content (AvgIpc) is 2.30. The zero-order chi connectivity index (χ0) is 11.4. The van der Waals surface area contributed by atoms with E-state index in [2.05, 4.69) is 22.6 Å². The summed E-state index contributed by atoms with van der Waals surface area (Å²) < 4.78 is 6.84. The molecule has 0 saturated carbocycles. The third-order valence-corrected chi connectivity index (χ3v) is 2.98. The maximum Gasteiger partial charge on any atom is 0.119 e. The molecule has 0 amide bonds. The van der Waals surface area contributed by atoms with E-state index in [1.54, 1.807) is 0 Å².